The maximum atomic E-state index is 3.64. The van der Waals surface area contributed by atoms with E-state index >= 15 is 0 Å². The van der Waals surface area contributed by atoms with E-state index in [1.165, 1.54) is 26.0 Å². The van der Waals surface area contributed by atoms with E-state index in [1.54, 1.807) is 0 Å². The maximum Gasteiger partial charge on any atom is 0.0609 e. The number of aromatic nitrogens is 1. The summed E-state index contributed by atoms with van der Waals surface area (Å²) in [6.45, 7) is 0. The molecule has 0 atom stereocenters. The zero-order valence-electron chi connectivity index (χ0n) is 7.98. The normalized spacial score (nSPS) is 15.2. The number of aromatic amines is 1. The Morgan fingerprint density at radius 3 is 2.93 bits per heavy atom. The van der Waals surface area contributed by atoms with E-state index in [1.807, 2.05) is 0 Å². The predicted octanol–water partition coefficient (Wildman–Crippen LogP) is 3.01. The summed E-state index contributed by atoms with van der Waals surface area (Å²) in [4.78, 5) is 3.47. The number of nitrogens with one attached hydrogen (secondary N) is 1. The lowest BCUT2D eigenvalue weighted by Crippen LogP contribution is -2.26. The maximum absolute atomic E-state index is 3.64. The van der Waals surface area contributed by atoms with Gasteiger partial charge in [0.1, 0.15) is 0 Å². The van der Waals surface area contributed by atoms with Crippen LogP contribution in [0.1, 0.15) is 12.8 Å². The fourth-order valence-electron chi connectivity index (χ4n) is 2.10. The molecule has 0 bridgehead atoms. The van der Waals surface area contributed by atoms with Crippen LogP contribution >= 0.6 is 31.9 Å². The van der Waals surface area contributed by atoms with E-state index in [-0.39, 0.29) is 0 Å². The van der Waals surface area contributed by atoms with Gasteiger partial charge in [0.25, 0.3) is 0 Å². The van der Waals surface area contributed by atoms with Crippen molar-refractivity contribution in [3.8, 4) is 0 Å². The van der Waals surface area contributed by atoms with Gasteiger partial charge in [-0.1, -0.05) is 34.1 Å². The van der Waals surface area contributed by atoms with Gasteiger partial charge in [-0.2, -0.15) is 0 Å². The van der Waals surface area contributed by atoms with Gasteiger partial charge in [0.2, 0.25) is 0 Å². The van der Waals surface area contributed by atoms with Crippen molar-refractivity contribution in [2.45, 2.75) is 12.8 Å². The largest absolute Gasteiger partial charge is 0.353 e. The van der Waals surface area contributed by atoms with Crippen LogP contribution in [-0.2, 0) is 0 Å². The number of hydrogen-bond acceptors (Lipinski definition) is 0. The minimum absolute atomic E-state index is 1.09. The SMILES string of the molecule is BrC1=c2[nH]c3c(Br)cccc3c2=CCC1. The zero-order valence-corrected chi connectivity index (χ0v) is 11.2. The van der Waals surface area contributed by atoms with Gasteiger partial charge in [-0.15, -0.1) is 0 Å². The second kappa shape index (κ2) is 3.49. The smallest absolute Gasteiger partial charge is 0.0609 e. The monoisotopic (exact) mass is 325 g/mol. The molecule has 1 aromatic carbocycles. The molecule has 0 saturated carbocycles. The molecule has 1 heterocycles. The molecule has 76 valence electrons. The van der Waals surface area contributed by atoms with Crippen molar-refractivity contribution < 1.29 is 0 Å². The number of fused-ring (bicyclic) bond motifs is 3. The molecule has 0 radical (unpaired) electrons. The summed E-state index contributed by atoms with van der Waals surface area (Å²) in [5, 5.41) is 3.88. The van der Waals surface area contributed by atoms with Gasteiger partial charge in [-0.05, 0) is 34.8 Å². The highest BCUT2D eigenvalue weighted by molar-refractivity contribution is 9.14. The average Bonchev–Trinajstić information content (AvgIpc) is 2.60. The van der Waals surface area contributed by atoms with E-state index in [2.05, 4.69) is 61.1 Å². The second-order valence-electron chi connectivity index (χ2n) is 3.72. The number of halogens is 2. The Morgan fingerprint density at radius 1 is 1.20 bits per heavy atom. The van der Waals surface area contributed by atoms with Crippen LogP contribution in [0.2, 0.25) is 0 Å². The third kappa shape index (κ3) is 1.41. The van der Waals surface area contributed by atoms with Gasteiger partial charge in [0, 0.05) is 19.6 Å². The molecule has 0 spiro atoms. The Bertz CT molecular complexity index is 652. The van der Waals surface area contributed by atoms with Crippen LogP contribution in [0.15, 0.2) is 22.7 Å². The van der Waals surface area contributed by atoms with Crippen molar-refractivity contribution in [2.75, 3.05) is 0 Å². The quantitative estimate of drug-likeness (QED) is 0.766. The summed E-state index contributed by atoms with van der Waals surface area (Å²) < 4.78 is 2.41. The molecule has 0 aliphatic heterocycles. The Morgan fingerprint density at radius 2 is 2.07 bits per heavy atom. The number of para-hydroxylation sites is 1. The van der Waals surface area contributed by atoms with E-state index in [4.69, 9.17) is 0 Å². The molecule has 0 saturated heterocycles. The molecule has 0 fully saturated rings. The summed E-state index contributed by atoms with van der Waals surface area (Å²) in [6.07, 6.45) is 4.52. The number of hydrogen-bond donors (Lipinski definition) is 1. The van der Waals surface area contributed by atoms with Crippen molar-refractivity contribution in [1.29, 1.82) is 0 Å². The van der Waals surface area contributed by atoms with Crippen molar-refractivity contribution >= 4 is 53.3 Å². The highest BCUT2D eigenvalue weighted by Gasteiger charge is 2.08. The van der Waals surface area contributed by atoms with Crippen molar-refractivity contribution in [2.24, 2.45) is 0 Å². The van der Waals surface area contributed by atoms with Gasteiger partial charge >= 0.3 is 0 Å². The zero-order chi connectivity index (χ0) is 10.4. The predicted molar refractivity (Wildman–Crippen MR) is 71.3 cm³/mol. The fraction of sp³-hybridized carbons (Fsp3) is 0.167. The summed E-state index contributed by atoms with van der Waals surface area (Å²) in [5.74, 6) is 0. The van der Waals surface area contributed by atoms with E-state index in [0.717, 1.165) is 17.3 Å². The highest BCUT2D eigenvalue weighted by atomic mass is 79.9. The van der Waals surface area contributed by atoms with Gasteiger partial charge < -0.3 is 4.98 Å². The second-order valence-corrected chi connectivity index (χ2v) is 5.54. The lowest BCUT2D eigenvalue weighted by atomic mass is 10.1. The standard InChI is InChI=1S/C12H9Br2N/c13-9-5-1-3-7-8-4-2-6-10(14)12(8)15-11(7)9/h1,3-5,15H,2,6H2. The van der Waals surface area contributed by atoms with Crippen LogP contribution in [0.25, 0.3) is 21.5 Å². The molecule has 3 heteroatoms. The van der Waals surface area contributed by atoms with E-state index in [0.29, 0.717) is 0 Å². The molecular formula is C12H9Br2N. The Kier molecular flexibility index (Phi) is 2.25. The summed E-state index contributed by atoms with van der Waals surface area (Å²) in [7, 11) is 0. The summed E-state index contributed by atoms with van der Waals surface area (Å²) in [6, 6.07) is 6.31. The van der Waals surface area contributed by atoms with Gasteiger partial charge in [-0.25, -0.2) is 0 Å². The summed E-state index contributed by atoms with van der Waals surface area (Å²) in [5.41, 5.74) is 1.19. The number of rotatable bonds is 0. The first-order valence-electron chi connectivity index (χ1n) is 4.92. The first-order valence-corrected chi connectivity index (χ1v) is 6.51. The highest BCUT2D eigenvalue weighted by Crippen LogP contribution is 2.21. The lowest BCUT2D eigenvalue weighted by molar-refractivity contribution is 1.10. The summed E-state index contributed by atoms with van der Waals surface area (Å²) >= 11 is 7.21. The molecular weight excluding hydrogens is 318 g/mol. The van der Waals surface area contributed by atoms with Crippen LogP contribution in [0.5, 0.6) is 0 Å². The lowest BCUT2D eigenvalue weighted by Gasteiger charge is -1.99. The van der Waals surface area contributed by atoms with Crippen molar-refractivity contribution in [3.63, 3.8) is 0 Å². The van der Waals surface area contributed by atoms with Crippen LogP contribution < -0.4 is 10.6 Å². The Balaban J connectivity index is 2.64. The van der Waals surface area contributed by atoms with Crippen LogP contribution in [0, 0.1) is 0 Å². The molecule has 1 N–H and O–H groups in total. The minimum atomic E-state index is 1.09. The molecule has 2 aromatic rings. The first kappa shape index (κ1) is 9.67. The number of H-pyrrole nitrogens is 1. The van der Waals surface area contributed by atoms with Crippen LogP contribution in [-0.4, -0.2) is 4.98 Å². The van der Waals surface area contributed by atoms with Gasteiger partial charge in [-0.3, -0.25) is 0 Å². The van der Waals surface area contributed by atoms with Crippen molar-refractivity contribution in [1.82, 2.24) is 4.98 Å². The van der Waals surface area contributed by atoms with Crippen LogP contribution in [0.3, 0.4) is 0 Å². The topological polar surface area (TPSA) is 15.8 Å². The molecule has 1 aliphatic carbocycles. The first-order chi connectivity index (χ1) is 7.27. The van der Waals surface area contributed by atoms with Gasteiger partial charge in [0.15, 0.2) is 0 Å². The Labute approximate surface area is 104 Å². The average molecular weight is 327 g/mol. The number of benzene rings is 1. The van der Waals surface area contributed by atoms with Gasteiger partial charge in [0.05, 0.1) is 10.9 Å². The molecule has 1 aromatic heterocycles. The fourth-order valence-corrected chi connectivity index (χ4v) is 3.10. The third-order valence-corrected chi connectivity index (χ3v) is 4.26. The third-order valence-electron chi connectivity index (χ3n) is 2.81. The molecule has 15 heavy (non-hydrogen) atoms. The molecule has 1 aliphatic rings. The molecule has 1 nitrogen and oxygen atoms in total. The van der Waals surface area contributed by atoms with E-state index < -0.39 is 0 Å². The molecule has 0 amide bonds. The Hall–Kier alpha value is -0.540. The molecule has 0 unspecified atom stereocenters. The van der Waals surface area contributed by atoms with Crippen molar-refractivity contribution in [3.05, 3.63) is 33.2 Å². The van der Waals surface area contributed by atoms with E-state index in [9.17, 15) is 0 Å². The van der Waals surface area contributed by atoms with Crippen LogP contribution in [0.4, 0.5) is 0 Å². The molecule has 3 rings (SSSR count). The minimum Gasteiger partial charge on any atom is -0.353 e.